The van der Waals surface area contributed by atoms with Crippen molar-refractivity contribution in [1.29, 1.82) is 0 Å². The molecule has 2 rings (SSSR count). The first-order chi connectivity index (χ1) is 9.39. The van der Waals surface area contributed by atoms with Crippen molar-refractivity contribution in [3.63, 3.8) is 0 Å². The molecule has 2 aromatic carbocycles. The molecule has 106 valence electrons. The van der Waals surface area contributed by atoms with Gasteiger partial charge < -0.3 is 5.11 Å². The molecule has 3 heteroatoms. The molecule has 0 aliphatic heterocycles. The van der Waals surface area contributed by atoms with E-state index in [1.165, 1.54) is 12.1 Å². The van der Waals surface area contributed by atoms with Crippen LogP contribution < -0.4 is 0 Å². The summed E-state index contributed by atoms with van der Waals surface area (Å²) in [4.78, 5) is 0. The standard InChI is InChI=1S/C17H18BrFO/c1-17(2,13-6-4-3-5-7-13)16(20)10-12-8-14(18)11-15(19)9-12/h3-9,11,16,20H,10H2,1-2H3. The fraction of sp³-hybridized carbons (Fsp3) is 0.294. The highest BCUT2D eigenvalue weighted by atomic mass is 79.9. The molecule has 1 atom stereocenters. The lowest BCUT2D eigenvalue weighted by Crippen LogP contribution is -2.35. The van der Waals surface area contributed by atoms with Crippen molar-refractivity contribution in [1.82, 2.24) is 0 Å². The lowest BCUT2D eigenvalue weighted by atomic mass is 9.77. The fourth-order valence-corrected chi connectivity index (χ4v) is 2.78. The van der Waals surface area contributed by atoms with E-state index in [9.17, 15) is 9.50 Å². The second-order valence-corrected chi connectivity index (χ2v) is 6.50. The minimum absolute atomic E-state index is 0.293. The van der Waals surface area contributed by atoms with E-state index in [-0.39, 0.29) is 11.2 Å². The van der Waals surface area contributed by atoms with E-state index >= 15 is 0 Å². The van der Waals surface area contributed by atoms with Crippen molar-refractivity contribution in [3.05, 3.63) is 69.9 Å². The SMILES string of the molecule is CC(C)(c1ccccc1)C(O)Cc1cc(F)cc(Br)c1. The summed E-state index contributed by atoms with van der Waals surface area (Å²) >= 11 is 3.28. The van der Waals surface area contributed by atoms with Crippen LogP contribution in [-0.4, -0.2) is 11.2 Å². The fourth-order valence-electron chi connectivity index (χ4n) is 2.27. The maximum absolute atomic E-state index is 13.4. The van der Waals surface area contributed by atoms with E-state index in [4.69, 9.17) is 0 Å². The van der Waals surface area contributed by atoms with Gasteiger partial charge in [-0.05, 0) is 35.7 Å². The predicted octanol–water partition coefficient (Wildman–Crippen LogP) is 4.47. The van der Waals surface area contributed by atoms with E-state index in [0.29, 0.717) is 10.9 Å². The first kappa shape index (κ1) is 15.2. The Morgan fingerprint density at radius 3 is 2.40 bits per heavy atom. The van der Waals surface area contributed by atoms with Gasteiger partial charge in [-0.3, -0.25) is 0 Å². The summed E-state index contributed by atoms with van der Waals surface area (Å²) in [5.74, 6) is -0.293. The van der Waals surface area contributed by atoms with Gasteiger partial charge in [0.25, 0.3) is 0 Å². The molecule has 0 bridgehead atoms. The molecule has 2 aromatic rings. The van der Waals surface area contributed by atoms with Crippen molar-refractivity contribution in [2.45, 2.75) is 31.8 Å². The van der Waals surface area contributed by atoms with Crippen LogP contribution in [0.3, 0.4) is 0 Å². The molecular formula is C17H18BrFO. The second-order valence-electron chi connectivity index (χ2n) is 5.59. The Kier molecular flexibility index (Phi) is 4.61. The molecule has 0 spiro atoms. The number of halogens is 2. The van der Waals surface area contributed by atoms with Crippen molar-refractivity contribution in [3.8, 4) is 0 Å². The average molecular weight is 337 g/mol. The van der Waals surface area contributed by atoms with Gasteiger partial charge in [0, 0.05) is 9.89 Å². The first-order valence-electron chi connectivity index (χ1n) is 6.58. The zero-order valence-electron chi connectivity index (χ0n) is 11.6. The van der Waals surface area contributed by atoms with E-state index in [0.717, 1.165) is 11.1 Å². The number of rotatable bonds is 4. The Bertz CT molecular complexity index is 561. The van der Waals surface area contributed by atoms with Crippen LogP contribution in [0.1, 0.15) is 25.0 Å². The molecule has 0 saturated carbocycles. The minimum atomic E-state index is -0.585. The average Bonchev–Trinajstić information content (AvgIpc) is 2.38. The van der Waals surface area contributed by atoms with Crippen LogP contribution in [-0.2, 0) is 11.8 Å². The van der Waals surface area contributed by atoms with Crippen LogP contribution in [0.2, 0.25) is 0 Å². The van der Waals surface area contributed by atoms with Gasteiger partial charge in [0.15, 0.2) is 0 Å². The Hall–Kier alpha value is -1.19. The summed E-state index contributed by atoms with van der Waals surface area (Å²) in [6, 6.07) is 14.6. The van der Waals surface area contributed by atoms with Gasteiger partial charge in [-0.1, -0.05) is 60.1 Å². The Balaban J connectivity index is 2.21. The van der Waals surface area contributed by atoms with Gasteiger partial charge in [-0.25, -0.2) is 4.39 Å². The van der Waals surface area contributed by atoms with Gasteiger partial charge in [-0.15, -0.1) is 0 Å². The van der Waals surface area contributed by atoms with Gasteiger partial charge in [-0.2, -0.15) is 0 Å². The van der Waals surface area contributed by atoms with E-state index in [1.54, 1.807) is 0 Å². The Morgan fingerprint density at radius 2 is 1.80 bits per heavy atom. The maximum atomic E-state index is 13.4. The van der Waals surface area contributed by atoms with Crippen LogP contribution >= 0.6 is 15.9 Å². The van der Waals surface area contributed by atoms with Crippen LogP contribution in [0.5, 0.6) is 0 Å². The van der Waals surface area contributed by atoms with Crippen molar-refractivity contribution in [2.24, 2.45) is 0 Å². The molecule has 0 saturated heterocycles. The predicted molar refractivity (Wildman–Crippen MR) is 83.3 cm³/mol. The minimum Gasteiger partial charge on any atom is -0.392 e. The molecule has 0 fully saturated rings. The lowest BCUT2D eigenvalue weighted by molar-refractivity contribution is 0.0999. The monoisotopic (exact) mass is 336 g/mol. The summed E-state index contributed by atoms with van der Waals surface area (Å²) in [6.07, 6.45) is -0.170. The van der Waals surface area contributed by atoms with Crippen LogP contribution in [0.15, 0.2) is 53.0 Å². The maximum Gasteiger partial charge on any atom is 0.124 e. The van der Waals surface area contributed by atoms with Crippen LogP contribution in [0, 0.1) is 5.82 Å². The Labute approximate surface area is 127 Å². The number of benzene rings is 2. The van der Waals surface area contributed by atoms with Crippen molar-refractivity contribution >= 4 is 15.9 Å². The molecule has 0 aromatic heterocycles. The highest BCUT2D eigenvalue weighted by Gasteiger charge is 2.29. The molecule has 0 amide bonds. The topological polar surface area (TPSA) is 20.2 Å². The van der Waals surface area contributed by atoms with Crippen LogP contribution in [0.25, 0.3) is 0 Å². The van der Waals surface area contributed by atoms with E-state index < -0.39 is 6.10 Å². The molecule has 0 radical (unpaired) electrons. The molecule has 1 nitrogen and oxygen atoms in total. The highest BCUT2D eigenvalue weighted by molar-refractivity contribution is 9.10. The van der Waals surface area contributed by atoms with Crippen LogP contribution in [0.4, 0.5) is 4.39 Å². The second kappa shape index (κ2) is 6.06. The number of aliphatic hydroxyl groups is 1. The molecule has 0 aliphatic carbocycles. The summed E-state index contributed by atoms with van der Waals surface area (Å²) < 4.78 is 14.1. The third-order valence-corrected chi connectivity index (χ3v) is 4.16. The Morgan fingerprint density at radius 1 is 1.15 bits per heavy atom. The summed E-state index contributed by atoms with van der Waals surface area (Å²) in [6.45, 7) is 4.00. The zero-order chi connectivity index (χ0) is 14.8. The highest BCUT2D eigenvalue weighted by Crippen LogP contribution is 2.29. The molecule has 0 aliphatic rings. The zero-order valence-corrected chi connectivity index (χ0v) is 13.2. The van der Waals surface area contributed by atoms with E-state index in [1.807, 2.05) is 50.2 Å². The molecule has 20 heavy (non-hydrogen) atoms. The number of hydrogen-bond donors (Lipinski definition) is 1. The summed E-state index contributed by atoms with van der Waals surface area (Å²) in [7, 11) is 0. The van der Waals surface area contributed by atoms with Gasteiger partial charge in [0.2, 0.25) is 0 Å². The number of aliphatic hydroxyl groups excluding tert-OH is 1. The third-order valence-electron chi connectivity index (χ3n) is 3.70. The molecule has 1 N–H and O–H groups in total. The van der Waals surface area contributed by atoms with Gasteiger partial charge in [0.05, 0.1) is 6.10 Å². The van der Waals surface area contributed by atoms with Gasteiger partial charge >= 0.3 is 0 Å². The summed E-state index contributed by atoms with van der Waals surface area (Å²) in [5.41, 5.74) is 1.47. The van der Waals surface area contributed by atoms with E-state index in [2.05, 4.69) is 15.9 Å². The summed E-state index contributed by atoms with van der Waals surface area (Å²) in [5, 5.41) is 10.5. The van der Waals surface area contributed by atoms with Crippen molar-refractivity contribution in [2.75, 3.05) is 0 Å². The molecule has 0 heterocycles. The van der Waals surface area contributed by atoms with Crippen molar-refractivity contribution < 1.29 is 9.50 Å². The molecule has 1 unspecified atom stereocenters. The molecular weight excluding hydrogens is 319 g/mol. The smallest absolute Gasteiger partial charge is 0.124 e. The quantitative estimate of drug-likeness (QED) is 0.873. The first-order valence-corrected chi connectivity index (χ1v) is 7.37. The number of hydrogen-bond acceptors (Lipinski definition) is 1. The third kappa shape index (κ3) is 3.47. The van der Waals surface area contributed by atoms with Gasteiger partial charge in [0.1, 0.15) is 5.82 Å². The normalized spacial score (nSPS) is 13.2. The lowest BCUT2D eigenvalue weighted by Gasteiger charge is -2.31. The largest absolute Gasteiger partial charge is 0.392 e.